The van der Waals surface area contributed by atoms with Gasteiger partial charge in [0.2, 0.25) is 0 Å². The van der Waals surface area contributed by atoms with Crippen molar-refractivity contribution in [2.24, 2.45) is 5.41 Å². The van der Waals surface area contributed by atoms with Crippen LogP contribution >= 0.6 is 0 Å². The fraction of sp³-hybridized carbons (Fsp3) is 0.944. The zero-order valence-corrected chi connectivity index (χ0v) is 15.1. The summed E-state index contributed by atoms with van der Waals surface area (Å²) in [4.78, 5) is 14.5. The zero-order chi connectivity index (χ0) is 16.8. The van der Waals surface area contributed by atoms with Crippen LogP contribution < -0.4 is 0 Å². The Bertz CT molecular complexity index is 405. The van der Waals surface area contributed by atoms with E-state index in [1.54, 1.807) is 0 Å². The van der Waals surface area contributed by atoms with Gasteiger partial charge in [-0.15, -0.1) is 0 Å². The van der Waals surface area contributed by atoms with Gasteiger partial charge >= 0.3 is 6.09 Å². The Labute approximate surface area is 135 Å². The predicted molar refractivity (Wildman–Crippen MR) is 87.8 cm³/mol. The molecule has 2 unspecified atom stereocenters. The average molecular weight is 311 g/mol. The summed E-state index contributed by atoms with van der Waals surface area (Å²) < 4.78 is 5.59. The number of carbonyl (C=O) groups excluding carboxylic acids is 1. The molecular formula is C18H33NO3. The number of aliphatic hydroxyl groups is 1. The molecule has 128 valence electrons. The van der Waals surface area contributed by atoms with E-state index in [9.17, 15) is 9.90 Å². The Morgan fingerprint density at radius 1 is 1.14 bits per heavy atom. The summed E-state index contributed by atoms with van der Waals surface area (Å²) in [7, 11) is 0. The van der Waals surface area contributed by atoms with Gasteiger partial charge in [0.25, 0.3) is 0 Å². The van der Waals surface area contributed by atoms with E-state index in [-0.39, 0.29) is 23.6 Å². The van der Waals surface area contributed by atoms with Gasteiger partial charge < -0.3 is 14.7 Å². The number of hydrogen-bond acceptors (Lipinski definition) is 3. The summed E-state index contributed by atoms with van der Waals surface area (Å²) in [6.07, 6.45) is 5.03. The van der Waals surface area contributed by atoms with Crippen LogP contribution in [-0.4, -0.2) is 39.4 Å². The molecule has 2 aliphatic heterocycles. The van der Waals surface area contributed by atoms with Crippen LogP contribution in [0.4, 0.5) is 4.79 Å². The van der Waals surface area contributed by atoms with Gasteiger partial charge in [-0.2, -0.15) is 0 Å². The molecule has 4 heteroatoms. The first-order chi connectivity index (χ1) is 9.89. The lowest BCUT2D eigenvalue weighted by Crippen LogP contribution is -2.61. The number of hydrogen-bond donors (Lipinski definition) is 1. The number of amides is 1. The molecule has 0 aromatic heterocycles. The maximum absolute atomic E-state index is 12.5. The summed E-state index contributed by atoms with van der Waals surface area (Å²) >= 11 is 0. The summed E-state index contributed by atoms with van der Waals surface area (Å²) in [6, 6.07) is 0.240. The van der Waals surface area contributed by atoms with E-state index in [1.807, 2.05) is 25.7 Å². The van der Waals surface area contributed by atoms with Gasteiger partial charge in [-0.1, -0.05) is 20.8 Å². The fourth-order valence-corrected chi connectivity index (χ4v) is 4.27. The Morgan fingerprint density at radius 2 is 1.64 bits per heavy atom. The van der Waals surface area contributed by atoms with Crippen LogP contribution in [0.5, 0.6) is 0 Å². The quantitative estimate of drug-likeness (QED) is 0.793. The molecule has 2 fully saturated rings. The van der Waals surface area contributed by atoms with Crippen molar-refractivity contribution in [3.63, 3.8) is 0 Å². The highest BCUT2D eigenvalue weighted by Gasteiger charge is 2.49. The molecule has 2 atom stereocenters. The van der Waals surface area contributed by atoms with Gasteiger partial charge in [0.05, 0.1) is 5.60 Å². The van der Waals surface area contributed by atoms with Crippen LogP contribution in [0.15, 0.2) is 0 Å². The van der Waals surface area contributed by atoms with Crippen LogP contribution in [0.2, 0.25) is 0 Å². The zero-order valence-electron chi connectivity index (χ0n) is 15.1. The standard InChI is InChI=1S/C18H33NO3/c1-16(2,3)12-18(21)10-13-8-7-9-14(11-18)19(13)15(20)22-17(4,5)6/h13-14,21H,7-12H2,1-6H3. The minimum atomic E-state index is -0.646. The van der Waals surface area contributed by atoms with E-state index in [0.717, 1.165) is 25.7 Å². The monoisotopic (exact) mass is 311 g/mol. The van der Waals surface area contributed by atoms with E-state index in [4.69, 9.17) is 4.74 Å². The van der Waals surface area contributed by atoms with Crippen molar-refractivity contribution in [3.05, 3.63) is 0 Å². The second-order valence-electron chi connectivity index (χ2n) is 9.50. The molecule has 0 aromatic carbocycles. The van der Waals surface area contributed by atoms with Gasteiger partial charge in [0.15, 0.2) is 0 Å². The van der Waals surface area contributed by atoms with E-state index >= 15 is 0 Å². The molecule has 0 radical (unpaired) electrons. The van der Waals surface area contributed by atoms with E-state index in [2.05, 4.69) is 20.8 Å². The number of rotatable bonds is 1. The lowest BCUT2D eigenvalue weighted by molar-refractivity contribution is -0.107. The molecule has 0 aromatic rings. The van der Waals surface area contributed by atoms with Crippen LogP contribution in [0.3, 0.4) is 0 Å². The van der Waals surface area contributed by atoms with Crippen LogP contribution in [0.1, 0.15) is 80.1 Å². The molecule has 0 saturated carbocycles. The first-order valence-electron chi connectivity index (χ1n) is 8.62. The highest BCUT2D eigenvalue weighted by Crippen LogP contribution is 2.44. The van der Waals surface area contributed by atoms with Crippen LogP contribution in [0.25, 0.3) is 0 Å². The molecule has 0 aliphatic carbocycles. The number of nitrogens with zero attached hydrogens (tertiary/aromatic N) is 1. The molecule has 1 N–H and O–H groups in total. The molecule has 2 aliphatic rings. The van der Waals surface area contributed by atoms with E-state index in [1.165, 1.54) is 0 Å². The molecule has 2 heterocycles. The average Bonchev–Trinajstić information content (AvgIpc) is 2.21. The van der Waals surface area contributed by atoms with Gasteiger partial charge in [-0.05, 0) is 64.7 Å². The third kappa shape index (κ3) is 4.37. The van der Waals surface area contributed by atoms with Crippen molar-refractivity contribution in [1.82, 2.24) is 4.90 Å². The van der Waals surface area contributed by atoms with Crippen LogP contribution in [0, 0.1) is 5.41 Å². The molecular weight excluding hydrogens is 278 g/mol. The van der Waals surface area contributed by atoms with Crippen molar-refractivity contribution in [3.8, 4) is 0 Å². The third-order valence-corrected chi connectivity index (χ3v) is 4.56. The number of piperidine rings is 2. The second kappa shape index (κ2) is 5.70. The molecule has 2 bridgehead atoms. The lowest BCUT2D eigenvalue weighted by Gasteiger charge is -2.52. The van der Waals surface area contributed by atoms with Gasteiger partial charge in [0, 0.05) is 12.1 Å². The molecule has 0 spiro atoms. The third-order valence-electron chi connectivity index (χ3n) is 4.56. The summed E-state index contributed by atoms with van der Waals surface area (Å²) in [6.45, 7) is 12.2. The largest absolute Gasteiger partial charge is 0.444 e. The summed E-state index contributed by atoms with van der Waals surface area (Å²) in [5.74, 6) is 0. The number of carbonyl (C=O) groups is 1. The van der Waals surface area contributed by atoms with Crippen molar-refractivity contribution in [2.75, 3.05) is 0 Å². The first kappa shape index (κ1) is 17.6. The molecule has 2 rings (SSSR count). The fourth-order valence-electron chi connectivity index (χ4n) is 4.27. The minimum Gasteiger partial charge on any atom is -0.444 e. The molecule has 22 heavy (non-hydrogen) atoms. The highest BCUT2D eigenvalue weighted by molar-refractivity contribution is 5.69. The SMILES string of the molecule is CC(C)(C)CC1(O)CC2CCCC(C1)N2C(=O)OC(C)(C)C. The van der Waals surface area contributed by atoms with Gasteiger partial charge in [-0.25, -0.2) is 4.79 Å². The van der Waals surface area contributed by atoms with Gasteiger partial charge in [-0.3, -0.25) is 0 Å². The van der Waals surface area contributed by atoms with Crippen molar-refractivity contribution in [1.29, 1.82) is 0 Å². The maximum atomic E-state index is 12.5. The summed E-state index contributed by atoms with van der Waals surface area (Å²) in [5, 5.41) is 11.1. The maximum Gasteiger partial charge on any atom is 0.410 e. The second-order valence-corrected chi connectivity index (χ2v) is 9.50. The molecule has 1 amide bonds. The Kier molecular flexibility index (Phi) is 4.55. The minimum absolute atomic E-state index is 0.0944. The Morgan fingerprint density at radius 3 is 2.05 bits per heavy atom. The molecule has 2 saturated heterocycles. The Balaban J connectivity index is 2.13. The predicted octanol–water partition coefficient (Wildman–Crippen LogP) is 4.11. The van der Waals surface area contributed by atoms with E-state index < -0.39 is 11.2 Å². The number of fused-ring (bicyclic) bond motifs is 2. The van der Waals surface area contributed by atoms with Gasteiger partial charge in [0.1, 0.15) is 5.60 Å². The smallest absolute Gasteiger partial charge is 0.410 e. The van der Waals surface area contributed by atoms with Crippen molar-refractivity contribution in [2.45, 2.75) is 103 Å². The van der Waals surface area contributed by atoms with Crippen molar-refractivity contribution >= 4 is 6.09 Å². The normalized spacial score (nSPS) is 32.8. The number of ether oxygens (including phenoxy) is 1. The Hall–Kier alpha value is -0.770. The molecule has 4 nitrogen and oxygen atoms in total. The topological polar surface area (TPSA) is 49.8 Å². The van der Waals surface area contributed by atoms with E-state index in [0.29, 0.717) is 12.8 Å². The summed E-state index contributed by atoms with van der Waals surface area (Å²) in [5.41, 5.74) is -1.02. The lowest BCUT2D eigenvalue weighted by atomic mass is 9.69. The van der Waals surface area contributed by atoms with Crippen LogP contribution in [-0.2, 0) is 4.74 Å². The van der Waals surface area contributed by atoms with Crippen molar-refractivity contribution < 1.29 is 14.6 Å². The first-order valence-corrected chi connectivity index (χ1v) is 8.62. The highest BCUT2D eigenvalue weighted by atomic mass is 16.6.